The van der Waals surface area contributed by atoms with E-state index in [-0.39, 0.29) is 23.7 Å². The van der Waals surface area contributed by atoms with Crippen molar-refractivity contribution in [1.29, 1.82) is 0 Å². The lowest BCUT2D eigenvalue weighted by molar-refractivity contribution is -0.132. The van der Waals surface area contributed by atoms with Crippen LogP contribution in [0.3, 0.4) is 0 Å². The van der Waals surface area contributed by atoms with E-state index in [1.165, 1.54) is 37.3 Å². The van der Waals surface area contributed by atoms with Gasteiger partial charge in [0.25, 0.3) is 0 Å². The molecule has 0 amide bonds. The molecule has 0 aliphatic heterocycles. The van der Waals surface area contributed by atoms with Crippen molar-refractivity contribution in [3.63, 3.8) is 0 Å². The Morgan fingerprint density at radius 3 is 2.04 bits per heavy atom. The van der Waals surface area contributed by atoms with Gasteiger partial charge >= 0.3 is 17.9 Å². The highest BCUT2D eigenvalue weighted by Gasteiger charge is 2.21. The third kappa shape index (κ3) is 4.20. The van der Waals surface area contributed by atoms with Gasteiger partial charge in [0.15, 0.2) is 0 Å². The van der Waals surface area contributed by atoms with Crippen LogP contribution in [0.25, 0.3) is 11.1 Å². The maximum atomic E-state index is 12.0. The molecule has 6 nitrogen and oxygen atoms in total. The minimum absolute atomic E-state index is 0.128. The summed E-state index contributed by atoms with van der Waals surface area (Å²) in [7, 11) is 0. The second-order valence-electron chi connectivity index (χ2n) is 4.77. The molecule has 24 heavy (non-hydrogen) atoms. The fourth-order valence-corrected chi connectivity index (χ4v) is 2.73. The molecule has 0 bridgehead atoms. The molecular weight excluding hydrogens is 332 g/mol. The van der Waals surface area contributed by atoms with E-state index in [4.69, 9.17) is 14.2 Å². The molecular formula is C17H16O6S. The summed E-state index contributed by atoms with van der Waals surface area (Å²) in [6, 6.07) is 4.60. The van der Waals surface area contributed by atoms with Crippen molar-refractivity contribution in [2.45, 2.75) is 20.8 Å². The van der Waals surface area contributed by atoms with Crippen molar-refractivity contribution in [1.82, 2.24) is 0 Å². The molecule has 0 fully saturated rings. The smallest absolute Gasteiger partial charge is 0.338 e. The van der Waals surface area contributed by atoms with Gasteiger partial charge in [-0.2, -0.15) is 11.3 Å². The van der Waals surface area contributed by atoms with Gasteiger partial charge in [0.2, 0.25) is 0 Å². The van der Waals surface area contributed by atoms with Crippen LogP contribution in [0, 0.1) is 0 Å². The van der Waals surface area contributed by atoms with Crippen LogP contribution >= 0.6 is 11.3 Å². The van der Waals surface area contributed by atoms with Gasteiger partial charge in [-0.3, -0.25) is 9.59 Å². The van der Waals surface area contributed by atoms with Crippen LogP contribution in [0.4, 0.5) is 0 Å². The van der Waals surface area contributed by atoms with E-state index in [1.807, 2.05) is 10.8 Å². The Morgan fingerprint density at radius 2 is 1.62 bits per heavy atom. The fraction of sp³-hybridized carbons (Fsp3) is 0.235. The van der Waals surface area contributed by atoms with E-state index in [1.54, 1.807) is 13.0 Å². The predicted octanol–water partition coefficient (Wildman–Crippen LogP) is 3.44. The number of esters is 3. The van der Waals surface area contributed by atoms with Crippen LogP contribution in [0.2, 0.25) is 0 Å². The molecule has 0 spiro atoms. The lowest BCUT2D eigenvalue weighted by Crippen LogP contribution is -2.10. The Kier molecular flexibility index (Phi) is 5.70. The normalized spacial score (nSPS) is 10.1. The summed E-state index contributed by atoms with van der Waals surface area (Å²) in [5, 5.41) is 3.66. The fourth-order valence-electron chi connectivity index (χ4n) is 2.08. The van der Waals surface area contributed by atoms with Crippen LogP contribution in [-0.4, -0.2) is 24.5 Å². The SMILES string of the molecule is CCOC(=O)c1cc(OC(C)=O)c(-c2ccsc2)c(OC(C)=O)c1. The summed E-state index contributed by atoms with van der Waals surface area (Å²) >= 11 is 1.44. The van der Waals surface area contributed by atoms with Gasteiger partial charge in [-0.25, -0.2) is 4.79 Å². The Hall–Kier alpha value is -2.67. The number of thiophene rings is 1. The third-order valence-corrected chi connectivity index (χ3v) is 3.58. The Balaban J connectivity index is 2.66. The number of rotatable bonds is 5. The monoisotopic (exact) mass is 348 g/mol. The number of carbonyl (C=O) groups excluding carboxylic acids is 3. The van der Waals surface area contributed by atoms with Crippen molar-refractivity contribution < 1.29 is 28.6 Å². The molecule has 0 saturated heterocycles. The minimum Gasteiger partial charge on any atom is -0.462 e. The Morgan fingerprint density at radius 1 is 1.04 bits per heavy atom. The third-order valence-electron chi connectivity index (χ3n) is 2.89. The molecule has 1 heterocycles. The van der Waals surface area contributed by atoms with Crippen LogP contribution in [0.5, 0.6) is 11.5 Å². The Bertz CT molecular complexity index is 726. The summed E-state index contributed by atoms with van der Waals surface area (Å²) in [4.78, 5) is 34.9. The molecule has 0 aliphatic rings. The highest BCUT2D eigenvalue weighted by molar-refractivity contribution is 7.08. The average Bonchev–Trinajstić information content (AvgIpc) is 2.99. The van der Waals surface area contributed by atoms with E-state index in [9.17, 15) is 14.4 Å². The van der Waals surface area contributed by atoms with Gasteiger partial charge < -0.3 is 14.2 Å². The molecule has 0 unspecified atom stereocenters. The number of benzene rings is 1. The van der Waals surface area contributed by atoms with E-state index >= 15 is 0 Å². The van der Waals surface area contributed by atoms with Crippen LogP contribution < -0.4 is 9.47 Å². The van der Waals surface area contributed by atoms with Gasteiger partial charge in [-0.15, -0.1) is 0 Å². The van der Waals surface area contributed by atoms with E-state index in [2.05, 4.69) is 0 Å². The zero-order valence-electron chi connectivity index (χ0n) is 13.5. The highest BCUT2D eigenvalue weighted by Crippen LogP contribution is 2.41. The summed E-state index contributed by atoms with van der Waals surface area (Å²) in [6.07, 6.45) is 0. The molecule has 2 rings (SSSR count). The van der Waals surface area contributed by atoms with Gasteiger partial charge in [0.1, 0.15) is 11.5 Å². The van der Waals surface area contributed by atoms with Crippen LogP contribution in [-0.2, 0) is 14.3 Å². The van der Waals surface area contributed by atoms with Crippen molar-refractivity contribution in [2.24, 2.45) is 0 Å². The quantitative estimate of drug-likeness (QED) is 0.608. The topological polar surface area (TPSA) is 78.9 Å². The molecule has 126 valence electrons. The lowest BCUT2D eigenvalue weighted by atomic mass is 10.0. The first kappa shape index (κ1) is 17.7. The summed E-state index contributed by atoms with van der Waals surface area (Å²) in [6.45, 7) is 4.37. The van der Waals surface area contributed by atoms with Crippen molar-refractivity contribution in [3.05, 3.63) is 34.5 Å². The largest absolute Gasteiger partial charge is 0.462 e. The molecule has 2 aromatic rings. The molecule has 1 aromatic heterocycles. The van der Waals surface area contributed by atoms with Crippen molar-refractivity contribution in [2.75, 3.05) is 6.61 Å². The second kappa shape index (κ2) is 7.74. The number of hydrogen-bond donors (Lipinski definition) is 0. The highest BCUT2D eigenvalue weighted by atomic mass is 32.1. The summed E-state index contributed by atoms with van der Waals surface area (Å²) in [5.41, 5.74) is 1.26. The molecule has 7 heteroatoms. The van der Waals surface area contributed by atoms with Crippen molar-refractivity contribution >= 4 is 29.2 Å². The average molecular weight is 348 g/mol. The maximum Gasteiger partial charge on any atom is 0.338 e. The standard InChI is InChI=1S/C17H16O6S/c1-4-21-17(20)13-7-14(22-10(2)18)16(12-5-6-24-9-12)15(8-13)23-11(3)19/h5-9H,4H2,1-3H3. The zero-order valence-corrected chi connectivity index (χ0v) is 14.3. The lowest BCUT2D eigenvalue weighted by Gasteiger charge is -2.15. The number of ether oxygens (including phenoxy) is 3. The van der Waals surface area contributed by atoms with E-state index in [0.717, 1.165) is 0 Å². The predicted molar refractivity (Wildman–Crippen MR) is 88.3 cm³/mol. The summed E-state index contributed by atoms with van der Waals surface area (Å²) in [5.74, 6) is -1.45. The van der Waals surface area contributed by atoms with Gasteiger partial charge in [0, 0.05) is 13.8 Å². The minimum atomic E-state index is -0.601. The number of hydrogen-bond acceptors (Lipinski definition) is 7. The zero-order chi connectivity index (χ0) is 17.7. The van der Waals surface area contributed by atoms with E-state index in [0.29, 0.717) is 11.1 Å². The molecule has 1 aromatic carbocycles. The van der Waals surface area contributed by atoms with Gasteiger partial charge in [0.05, 0.1) is 17.7 Å². The number of carbonyl (C=O) groups is 3. The Labute approximate surface area is 143 Å². The van der Waals surface area contributed by atoms with Gasteiger partial charge in [-0.05, 0) is 41.4 Å². The molecule has 0 N–H and O–H groups in total. The first-order valence-corrected chi connectivity index (χ1v) is 8.11. The van der Waals surface area contributed by atoms with Crippen molar-refractivity contribution in [3.8, 4) is 22.6 Å². The van der Waals surface area contributed by atoms with Gasteiger partial charge in [-0.1, -0.05) is 0 Å². The molecule has 0 radical (unpaired) electrons. The summed E-state index contributed by atoms with van der Waals surface area (Å²) < 4.78 is 15.4. The second-order valence-corrected chi connectivity index (χ2v) is 5.55. The van der Waals surface area contributed by atoms with E-state index < -0.39 is 17.9 Å². The van der Waals surface area contributed by atoms with Crippen LogP contribution in [0.1, 0.15) is 31.1 Å². The molecule has 0 saturated carbocycles. The first-order chi connectivity index (χ1) is 11.4. The molecule has 0 atom stereocenters. The van der Waals surface area contributed by atoms with Crippen LogP contribution in [0.15, 0.2) is 29.0 Å². The molecule has 0 aliphatic carbocycles. The maximum absolute atomic E-state index is 12.0. The first-order valence-electron chi connectivity index (χ1n) is 7.17.